The number of nitrogens with zero attached hydrogens (tertiary/aromatic N) is 4. The molecule has 8 heteroatoms. The molecule has 0 unspecified atom stereocenters. The van der Waals surface area contributed by atoms with E-state index in [4.69, 9.17) is 16.3 Å². The molecule has 142 valence electrons. The Morgan fingerprint density at radius 2 is 2.15 bits per heavy atom. The summed E-state index contributed by atoms with van der Waals surface area (Å²) in [6, 6.07) is 7.90. The van der Waals surface area contributed by atoms with E-state index in [1.165, 1.54) is 5.56 Å². The third-order valence-corrected chi connectivity index (χ3v) is 4.05. The van der Waals surface area contributed by atoms with Gasteiger partial charge in [0.05, 0.1) is 13.2 Å². The first-order chi connectivity index (χ1) is 12.7. The summed E-state index contributed by atoms with van der Waals surface area (Å²) in [6.45, 7) is 5.56. The molecule has 0 aliphatic heterocycles. The summed E-state index contributed by atoms with van der Waals surface area (Å²) in [5.74, 6) is 1.76. The summed E-state index contributed by atoms with van der Waals surface area (Å²) >= 11 is 6.03. The van der Waals surface area contributed by atoms with Crippen molar-refractivity contribution in [3.8, 4) is 0 Å². The fourth-order valence-electron chi connectivity index (χ4n) is 2.47. The van der Waals surface area contributed by atoms with E-state index < -0.39 is 0 Å². The Morgan fingerprint density at radius 1 is 1.31 bits per heavy atom. The molecule has 0 fully saturated rings. The Balaban J connectivity index is 1.81. The van der Waals surface area contributed by atoms with Crippen LogP contribution in [0.2, 0.25) is 5.02 Å². The number of halogens is 1. The van der Waals surface area contributed by atoms with Gasteiger partial charge in [-0.1, -0.05) is 30.7 Å². The Hall–Kier alpha value is -2.12. The molecule has 2 N–H and O–H groups in total. The molecular formula is C18H27ClN6O. The van der Waals surface area contributed by atoms with E-state index in [1.807, 2.05) is 22.8 Å². The minimum Gasteiger partial charge on any atom is -0.383 e. The lowest BCUT2D eigenvalue weighted by molar-refractivity contribution is 0.208. The number of guanidine groups is 1. The van der Waals surface area contributed by atoms with E-state index in [-0.39, 0.29) is 0 Å². The molecule has 1 heterocycles. The number of aromatic nitrogens is 3. The molecule has 26 heavy (non-hydrogen) atoms. The SMILES string of the molecule is CCc1nncn1CCNC(=NCCOC)NCCc1cccc(Cl)c1. The van der Waals surface area contributed by atoms with Crippen LogP contribution in [-0.4, -0.2) is 54.1 Å². The van der Waals surface area contributed by atoms with Crippen LogP contribution in [0.5, 0.6) is 0 Å². The van der Waals surface area contributed by atoms with Gasteiger partial charge in [-0.15, -0.1) is 10.2 Å². The summed E-state index contributed by atoms with van der Waals surface area (Å²) in [5, 5.41) is 15.5. The lowest BCUT2D eigenvalue weighted by Gasteiger charge is -2.13. The Labute approximate surface area is 159 Å². The van der Waals surface area contributed by atoms with Crippen LogP contribution >= 0.6 is 11.6 Å². The van der Waals surface area contributed by atoms with Crippen molar-refractivity contribution in [1.29, 1.82) is 0 Å². The molecule has 0 bridgehead atoms. The van der Waals surface area contributed by atoms with Gasteiger partial charge in [-0.25, -0.2) is 0 Å². The van der Waals surface area contributed by atoms with Gasteiger partial charge < -0.3 is 19.9 Å². The van der Waals surface area contributed by atoms with Crippen molar-refractivity contribution < 1.29 is 4.74 Å². The molecular weight excluding hydrogens is 352 g/mol. The predicted molar refractivity (Wildman–Crippen MR) is 105 cm³/mol. The number of aryl methyl sites for hydroxylation is 1. The molecule has 2 rings (SSSR count). The van der Waals surface area contributed by atoms with Gasteiger partial charge in [-0.3, -0.25) is 4.99 Å². The largest absolute Gasteiger partial charge is 0.383 e. The fraction of sp³-hybridized carbons (Fsp3) is 0.500. The minimum absolute atomic E-state index is 0.590. The first kappa shape index (κ1) is 20.2. The predicted octanol–water partition coefficient (Wildman–Crippen LogP) is 1.92. The Kier molecular flexibility index (Phi) is 8.92. The van der Waals surface area contributed by atoms with E-state index in [0.29, 0.717) is 13.2 Å². The van der Waals surface area contributed by atoms with Gasteiger partial charge in [0.25, 0.3) is 0 Å². The highest BCUT2D eigenvalue weighted by atomic mass is 35.5. The van der Waals surface area contributed by atoms with Gasteiger partial charge >= 0.3 is 0 Å². The summed E-state index contributed by atoms with van der Waals surface area (Å²) in [5.41, 5.74) is 1.19. The average Bonchev–Trinajstić information content (AvgIpc) is 3.09. The summed E-state index contributed by atoms with van der Waals surface area (Å²) in [6.07, 6.45) is 3.50. The maximum absolute atomic E-state index is 6.03. The molecule has 1 aromatic heterocycles. The molecule has 0 saturated carbocycles. The number of hydrogen-bond acceptors (Lipinski definition) is 4. The van der Waals surface area contributed by atoms with E-state index in [9.17, 15) is 0 Å². The molecule has 1 aromatic carbocycles. The van der Waals surface area contributed by atoms with Gasteiger partial charge in [-0.05, 0) is 24.1 Å². The first-order valence-electron chi connectivity index (χ1n) is 8.85. The maximum Gasteiger partial charge on any atom is 0.191 e. The number of ether oxygens (including phenoxy) is 1. The molecule has 7 nitrogen and oxygen atoms in total. The topological polar surface area (TPSA) is 76.4 Å². The quantitative estimate of drug-likeness (QED) is 0.375. The van der Waals surface area contributed by atoms with Crippen molar-refractivity contribution in [3.05, 3.63) is 47.0 Å². The van der Waals surface area contributed by atoms with Crippen LogP contribution in [0.25, 0.3) is 0 Å². The van der Waals surface area contributed by atoms with Crippen LogP contribution in [-0.2, 0) is 24.1 Å². The second kappa shape index (κ2) is 11.5. The van der Waals surface area contributed by atoms with Crippen LogP contribution < -0.4 is 10.6 Å². The van der Waals surface area contributed by atoms with Gasteiger partial charge in [0.1, 0.15) is 12.2 Å². The van der Waals surface area contributed by atoms with Crippen molar-refractivity contribution >= 4 is 17.6 Å². The standard InChI is InChI=1S/C18H27ClN6O/c1-3-17-24-23-14-25(17)11-9-21-18(22-10-12-26-2)20-8-7-15-5-4-6-16(19)13-15/h4-6,13-14H,3,7-12H2,1-2H3,(H2,20,21,22). The molecule has 0 amide bonds. The van der Waals surface area contributed by atoms with Gasteiger partial charge in [0, 0.05) is 38.2 Å². The lowest BCUT2D eigenvalue weighted by Crippen LogP contribution is -2.40. The van der Waals surface area contributed by atoms with E-state index in [2.05, 4.69) is 38.8 Å². The van der Waals surface area contributed by atoms with E-state index in [0.717, 1.165) is 49.3 Å². The van der Waals surface area contributed by atoms with Crippen LogP contribution in [0.15, 0.2) is 35.6 Å². The molecule has 2 aromatic rings. The van der Waals surface area contributed by atoms with Crippen LogP contribution in [0.4, 0.5) is 0 Å². The maximum atomic E-state index is 6.03. The zero-order valence-electron chi connectivity index (χ0n) is 15.4. The zero-order valence-corrected chi connectivity index (χ0v) is 16.2. The molecule has 0 aliphatic carbocycles. The smallest absolute Gasteiger partial charge is 0.191 e. The van der Waals surface area contributed by atoms with Crippen molar-refractivity contribution in [3.63, 3.8) is 0 Å². The number of nitrogens with one attached hydrogen (secondary N) is 2. The third-order valence-electron chi connectivity index (χ3n) is 3.82. The van der Waals surface area contributed by atoms with Gasteiger partial charge in [-0.2, -0.15) is 0 Å². The zero-order chi connectivity index (χ0) is 18.6. The van der Waals surface area contributed by atoms with E-state index >= 15 is 0 Å². The van der Waals surface area contributed by atoms with Crippen molar-refractivity contribution in [2.24, 2.45) is 4.99 Å². The highest BCUT2D eigenvalue weighted by Gasteiger charge is 2.03. The molecule has 0 radical (unpaired) electrons. The average molecular weight is 379 g/mol. The highest BCUT2D eigenvalue weighted by Crippen LogP contribution is 2.10. The first-order valence-corrected chi connectivity index (χ1v) is 9.23. The second-order valence-corrected chi connectivity index (χ2v) is 6.19. The normalized spacial score (nSPS) is 11.6. The number of methoxy groups -OCH3 is 1. The van der Waals surface area contributed by atoms with Crippen LogP contribution in [0, 0.1) is 0 Å². The molecule has 0 spiro atoms. The minimum atomic E-state index is 0.590. The van der Waals surface area contributed by atoms with Crippen LogP contribution in [0.1, 0.15) is 18.3 Å². The summed E-state index contributed by atoms with van der Waals surface area (Å²) < 4.78 is 7.12. The van der Waals surface area contributed by atoms with Crippen molar-refractivity contribution in [1.82, 2.24) is 25.4 Å². The Bertz CT molecular complexity index is 688. The van der Waals surface area contributed by atoms with E-state index in [1.54, 1.807) is 13.4 Å². The number of rotatable bonds is 10. The van der Waals surface area contributed by atoms with Crippen molar-refractivity contribution in [2.45, 2.75) is 26.3 Å². The molecule has 0 atom stereocenters. The summed E-state index contributed by atoms with van der Waals surface area (Å²) in [4.78, 5) is 4.53. The van der Waals surface area contributed by atoms with Crippen LogP contribution in [0.3, 0.4) is 0 Å². The lowest BCUT2D eigenvalue weighted by atomic mass is 10.1. The van der Waals surface area contributed by atoms with Gasteiger partial charge in [0.2, 0.25) is 0 Å². The number of aliphatic imine (C=N–C) groups is 1. The third kappa shape index (κ3) is 7.01. The summed E-state index contributed by atoms with van der Waals surface area (Å²) in [7, 11) is 1.67. The highest BCUT2D eigenvalue weighted by molar-refractivity contribution is 6.30. The van der Waals surface area contributed by atoms with Gasteiger partial charge in [0.15, 0.2) is 5.96 Å². The monoisotopic (exact) mass is 378 g/mol. The number of hydrogen-bond donors (Lipinski definition) is 2. The number of benzene rings is 1. The fourth-order valence-corrected chi connectivity index (χ4v) is 2.69. The van der Waals surface area contributed by atoms with Crippen molar-refractivity contribution in [2.75, 3.05) is 33.4 Å². The molecule has 0 aliphatic rings. The molecule has 0 saturated heterocycles. The second-order valence-electron chi connectivity index (χ2n) is 5.75. The Morgan fingerprint density at radius 3 is 2.92 bits per heavy atom.